The molecule has 3 heterocycles. The molecule has 1 aliphatic carbocycles. The summed E-state index contributed by atoms with van der Waals surface area (Å²) in [6, 6.07) is 4.47. The lowest BCUT2D eigenvalue weighted by molar-refractivity contribution is 0.0624. The minimum atomic E-state index is -0.269. The first-order chi connectivity index (χ1) is 10.6. The number of fused-ring (bicyclic) bond motifs is 1. The number of aromatic nitrogens is 4. The predicted octanol–water partition coefficient (Wildman–Crippen LogP) is 1.06. The van der Waals surface area contributed by atoms with Gasteiger partial charge in [-0.3, -0.25) is 9.59 Å². The maximum Gasteiger partial charge on any atom is 0.271 e. The van der Waals surface area contributed by atoms with E-state index in [1.165, 1.54) is 6.07 Å². The van der Waals surface area contributed by atoms with Crippen LogP contribution >= 0.6 is 0 Å². The van der Waals surface area contributed by atoms with E-state index in [4.69, 9.17) is 0 Å². The molecule has 1 N–H and O–H groups in total. The van der Waals surface area contributed by atoms with Crippen LogP contribution in [0.2, 0.25) is 0 Å². The predicted molar refractivity (Wildman–Crippen MR) is 78.5 cm³/mol. The van der Waals surface area contributed by atoms with E-state index in [0.717, 1.165) is 24.5 Å². The molecule has 114 valence electrons. The van der Waals surface area contributed by atoms with Crippen LogP contribution < -0.4 is 5.56 Å². The Balaban J connectivity index is 1.63. The number of nitrogens with one attached hydrogen (secondary N) is 1. The van der Waals surface area contributed by atoms with Crippen molar-refractivity contribution in [3.63, 3.8) is 0 Å². The third-order valence-corrected chi connectivity index (χ3v) is 4.31. The molecular formula is C15H17N5O2. The second-order valence-corrected chi connectivity index (χ2v) is 5.93. The van der Waals surface area contributed by atoms with E-state index in [2.05, 4.69) is 15.1 Å². The summed E-state index contributed by atoms with van der Waals surface area (Å²) < 4.78 is 1.91. The normalized spacial score (nSPS) is 20.8. The van der Waals surface area contributed by atoms with Crippen molar-refractivity contribution < 1.29 is 4.79 Å². The Morgan fingerprint density at radius 3 is 2.86 bits per heavy atom. The summed E-state index contributed by atoms with van der Waals surface area (Å²) >= 11 is 0. The average molecular weight is 299 g/mol. The van der Waals surface area contributed by atoms with Gasteiger partial charge < -0.3 is 9.88 Å². The summed E-state index contributed by atoms with van der Waals surface area (Å²) in [7, 11) is 0. The van der Waals surface area contributed by atoms with Gasteiger partial charge in [-0.05, 0) is 25.8 Å². The van der Waals surface area contributed by atoms with Crippen molar-refractivity contribution in [1.29, 1.82) is 0 Å². The van der Waals surface area contributed by atoms with Crippen LogP contribution in [0.5, 0.6) is 0 Å². The molecule has 2 aromatic heterocycles. The minimum Gasteiger partial charge on any atom is -0.326 e. The average Bonchev–Trinajstić information content (AvgIpc) is 3.27. The van der Waals surface area contributed by atoms with Crippen molar-refractivity contribution in [2.75, 3.05) is 6.54 Å². The van der Waals surface area contributed by atoms with Crippen molar-refractivity contribution >= 4 is 5.91 Å². The summed E-state index contributed by atoms with van der Waals surface area (Å²) in [4.78, 5) is 33.0. The number of hydrogen-bond donors (Lipinski definition) is 1. The van der Waals surface area contributed by atoms with Crippen molar-refractivity contribution in [2.45, 2.75) is 38.3 Å². The quantitative estimate of drug-likeness (QED) is 0.898. The van der Waals surface area contributed by atoms with Crippen LogP contribution in [-0.4, -0.2) is 37.1 Å². The van der Waals surface area contributed by atoms with Crippen LogP contribution in [0, 0.1) is 0 Å². The number of carbonyl (C=O) groups is 1. The van der Waals surface area contributed by atoms with Gasteiger partial charge in [0, 0.05) is 18.5 Å². The van der Waals surface area contributed by atoms with E-state index in [0.29, 0.717) is 24.7 Å². The molecule has 1 fully saturated rings. The topological polar surface area (TPSA) is 83.9 Å². The zero-order chi connectivity index (χ0) is 15.3. The van der Waals surface area contributed by atoms with Gasteiger partial charge in [0.15, 0.2) is 5.82 Å². The van der Waals surface area contributed by atoms with Crippen molar-refractivity contribution in [3.05, 3.63) is 45.9 Å². The zero-order valence-electron chi connectivity index (χ0n) is 12.3. The zero-order valence-corrected chi connectivity index (χ0v) is 12.3. The number of pyridine rings is 1. The highest BCUT2D eigenvalue weighted by molar-refractivity contribution is 5.92. The molecule has 7 nitrogen and oxygen atoms in total. The molecule has 1 aliphatic heterocycles. The molecule has 1 atom stereocenters. The molecule has 1 amide bonds. The van der Waals surface area contributed by atoms with E-state index < -0.39 is 0 Å². The largest absolute Gasteiger partial charge is 0.326 e. The van der Waals surface area contributed by atoms with Crippen LogP contribution in [0.25, 0.3) is 0 Å². The van der Waals surface area contributed by atoms with Crippen LogP contribution in [-0.2, 0) is 6.54 Å². The van der Waals surface area contributed by atoms with E-state index in [1.54, 1.807) is 17.0 Å². The third-order valence-electron chi connectivity index (χ3n) is 4.31. The van der Waals surface area contributed by atoms with Crippen molar-refractivity contribution in [3.8, 4) is 0 Å². The smallest absolute Gasteiger partial charge is 0.271 e. The number of rotatable bonds is 2. The van der Waals surface area contributed by atoms with Gasteiger partial charge in [-0.2, -0.15) is 5.10 Å². The van der Waals surface area contributed by atoms with E-state index in [1.807, 2.05) is 11.6 Å². The Morgan fingerprint density at radius 1 is 1.32 bits per heavy atom. The van der Waals surface area contributed by atoms with E-state index >= 15 is 0 Å². The van der Waals surface area contributed by atoms with Crippen LogP contribution in [0.15, 0.2) is 23.0 Å². The highest BCUT2D eigenvalue weighted by Gasteiger charge is 2.35. The number of nitrogens with zero attached hydrogens (tertiary/aromatic N) is 4. The highest BCUT2D eigenvalue weighted by atomic mass is 16.2. The molecule has 0 radical (unpaired) electrons. The number of hydrogen-bond acceptors (Lipinski definition) is 4. The third kappa shape index (κ3) is 2.13. The summed E-state index contributed by atoms with van der Waals surface area (Å²) in [5.74, 6) is 2.07. The second kappa shape index (κ2) is 4.79. The van der Waals surface area contributed by atoms with Gasteiger partial charge in [0.05, 0.1) is 12.6 Å². The molecule has 0 unspecified atom stereocenters. The van der Waals surface area contributed by atoms with E-state index in [-0.39, 0.29) is 17.5 Å². The van der Waals surface area contributed by atoms with Gasteiger partial charge in [-0.25, -0.2) is 9.67 Å². The lowest BCUT2D eigenvalue weighted by Gasteiger charge is -2.32. The Hall–Kier alpha value is -2.44. The van der Waals surface area contributed by atoms with Gasteiger partial charge in [0.1, 0.15) is 11.5 Å². The van der Waals surface area contributed by atoms with Crippen LogP contribution in [0.3, 0.4) is 0 Å². The van der Waals surface area contributed by atoms with Crippen molar-refractivity contribution in [2.24, 2.45) is 0 Å². The first-order valence-electron chi connectivity index (χ1n) is 7.58. The molecule has 1 saturated carbocycles. The number of amides is 1. The Labute approximate surface area is 127 Å². The number of aromatic amines is 1. The fourth-order valence-corrected chi connectivity index (χ4v) is 2.90. The van der Waals surface area contributed by atoms with Gasteiger partial charge in [0.2, 0.25) is 5.56 Å². The van der Waals surface area contributed by atoms with Gasteiger partial charge in [0.25, 0.3) is 5.91 Å². The van der Waals surface area contributed by atoms with Crippen LogP contribution in [0.1, 0.15) is 53.9 Å². The van der Waals surface area contributed by atoms with Gasteiger partial charge in [-0.15, -0.1) is 0 Å². The lowest BCUT2D eigenvalue weighted by atomic mass is 10.2. The summed E-state index contributed by atoms with van der Waals surface area (Å²) in [5, 5.41) is 4.55. The molecule has 0 aromatic carbocycles. The molecule has 4 rings (SSSR count). The molecular weight excluding hydrogens is 282 g/mol. The fraction of sp³-hybridized carbons (Fsp3) is 0.467. The number of H-pyrrole nitrogens is 1. The standard InChI is InChI=1S/C15H17N5O2/c1-9-14-17-13(10-5-6-10)18-20(14)8-7-19(9)15(22)11-3-2-4-12(21)16-11/h2-4,9-10H,5-8H2,1H3,(H,16,21)/t9-/m1/s1. The fourth-order valence-electron chi connectivity index (χ4n) is 2.90. The summed E-state index contributed by atoms with van der Waals surface area (Å²) in [6.07, 6.45) is 2.32. The second-order valence-electron chi connectivity index (χ2n) is 5.93. The molecule has 0 saturated heterocycles. The lowest BCUT2D eigenvalue weighted by Crippen LogP contribution is -2.42. The molecule has 0 spiro atoms. The SMILES string of the molecule is C[C@@H]1c2nc(C3CC3)nn2CCN1C(=O)c1cccc(=O)[nH]1. The Morgan fingerprint density at radius 2 is 2.14 bits per heavy atom. The molecule has 2 aromatic rings. The molecule has 22 heavy (non-hydrogen) atoms. The highest BCUT2D eigenvalue weighted by Crippen LogP contribution is 2.39. The number of carbonyl (C=O) groups excluding carboxylic acids is 1. The first kappa shape index (κ1) is 13.2. The maximum atomic E-state index is 12.6. The summed E-state index contributed by atoms with van der Waals surface area (Å²) in [6.45, 7) is 3.16. The van der Waals surface area contributed by atoms with Gasteiger partial charge >= 0.3 is 0 Å². The monoisotopic (exact) mass is 299 g/mol. The van der Waals surface area contributed by atoms with Crippen molar-refractivity contribution in [1.82, 2.24) is 24.6 Å². The minimum absolute atomic E-state index is 0.148. The maximum absolute atomic E-state index is 12.6. The molecule has 0 bridgehead atoms. The first-order valence-corrected chi connectivity index (χ1v) is 7.58. The van der Waals surface area contributed by atoms with Crippen LogP contribution in [0.4, 0.5) is 0 Å². The summed E-state index contributed by atoms with van der Waals surface area (Å²) in [5.41, 5.74) is 0.0458. The molecule has 2 aliphatic rings. The Bertz CT molecular complexity index is 789. The molecule has 7 heteroatoms. The van der Waals surface area contributed by atoms with Gasteiger partial charge in [-0.1, -0.05) is 6.07 Å². The Kier molecular flexibility index (Phi) is 2.88. The van der Waals surface area contributed by atoms with E-state index in [9.17, 15) is 9.59 Å².